The van der Waals surface area contributed by atoms with Crippen molar-refractivity contribution in [2.24, 2.45) is 0 Å². The lowest BCUT2D eigenvalue weighted by Crippen LogP contribution is -2.30. The molecule has 0 fully saturated rings. The molecule has 7 nitrogen and oxygen atoms in total. The zero-order valence-corrected chi connectivity index (χ0v) is 18.0. The minimum Gasteiger partial charge on any atom is -0.355 e. The summed E-state index contributed by atoms with van der Waals surface area (Å²) in [5.74, 6) is 5.10. The zero-order valence-electron chi connectivity index (χ0n) is 17.2. The third kappa shape index (κ3) is 5.47. The number of rotatable bonds is 7. The van der Waals surface area contributed by atoms with Gasteiger partial charge in [0.1, 0.15) is 0 Å². The zero-order chi connectivity index (χ0) is 22.1. The third-order valence-corrected chi connectivity index (χ3v) is 6.48. The van der Waals surface area contributed by atoms with Crippen molar-refractivity contribution in [1.29, 1.82) is 0 Å². The van der Waals surface area contributed by atoms with Crippen molar-refractivity contribution >= 4 is 21.8 Å². The van der Waals surface area contributed by atoms with Crippen LogP contribution < -0.4 is 10.6 Å². The van der Waals surface area contributed by atoms with Gasteiger partial charge in [-0.3, -0.25) is 9.59 Å². The maximum atomic E-state index is 12.5. The molecule has 0 bridgehead atoms. The van der Waals surface area contributed by atoms with Gasteiger partial charge in [-0.1, -0.05) is 37.8 Å². The van der Waals surface area contributed by atoms with Crippen LogP contribution in [0.2, 0.25) is 0 Å². The monoisotopic (exact) mass is 427 g/mol. The number of sulfonamides is 1. The van der Waals surface area contributed by atoms with Crippen molar-refractivity contribution in [3.8, 4) is 11.8 Å². The number of nitrogens with zero attached hydrogens (tertiary/aromatic N) is 1. The molecule has 0 radical (unpaired) electrons. The highest BCUT2D eigenvalue weighted by molar-refractivity contribution is 7.89. The van der Waals surface area contributed by atoms with Crippen molar-refractivity contribution < 1.29 is 18.0 Å². The molecule has 0 aliphatic carbocycles. The van der Waals surface area contributed by atoms with Gasteiger partial charge in [0.05, 0.1) is 17.0 Å². The molecule has 0 aliphatic heterocycles. The first kappa shape index (κ1) is 23.1. The highest BCUT2D eigenvalue weighted by Crippen LogP contribution is 2.16. The van der Waals surface area contributed by atoms with Crippen molar-refractivity contribution in [3.05, 3.63) is 65.2 Å². The maximum absolute atomic E-state index is 12.5. The van der Waals surface area contributed by atoms with E-state index in [1.165, 1.54) is 28.6 Å². The topological polar surface area (TPSA) is 95.6 Å². The van der Waals surface area contributed by atoms with E-state index in [9.17, 15) is 18.0 Å². The van der Waals surface area contributed by atoms with Gasteiger partial charge in [0.15, 0.2) is 0 Å². The Balaban J connectivity index is 2.04. The number of nitrogens with one attached hydrogen (secondary N) is 2. The number of carbonyl (C=O) groups is 2. The minimum atomic E-state index is -3.56. The molecule has 2 N–H and O–H groups in total. The second-order valence-corrected chi connectivity index (χ2v) is 8.16. The van der Waals surface area contributed by atoms with E-state index < -0.39 is 10.0 Å². The van der Waals surface area contributed by atoms with E-state index in [0.29, 0.717) is 29.8 Å². The van der Waals surface area contributed by atoms with Crippen LogP contribution in [0.5, 0.6) is 0 Å². The molecule has 0 saturated heterocycles. The van der Waals surface area contributed by atoms with Gasteiger partial charge in [0.25, 0.3) is 11.8 Å². The van der Waals surface area contributed by atoms with Gasteiger partial charge < -0.3 is 10.6 Å². The van der Waals surface area contributed by atoms with Gasteiger partial charge in [-0.25, -0.2) is 8.42 Å². The lowest BCUT2D eigenvalue weighted by Gasteiger charge is -2.18. The van der Waals surface area contributed by atoms with E-state index >= 15 is 0 Å². The average molecular weight is 428 g/mol. The van der Waals surface area contributed by atoms with Crippen LogP contribution in [-0.2, 0) is 10.0 Å². The van der Waals surface area contributed by atoms with Crippen molar-refractivity contribution in [2.75, 3.05) is 26.7 Å². The van der Waals surface area contributed by atoms with Gasteiger partial charge in [-0.05, 0) is 36.4 Å². The van der Waals surface area contributed by atoms with Crippen LogP contribution in [-0.4, -0.2) is 51.2 Å². The standard InChI is InChI=1S/C22H25N3O4S/c1-4-25(5-2)30(28,29)19-14-12-18(13-15-19)21(26)24-16-8-10-17-9-6-7-11-20(17)22(27)23-3/h6-7,9,11-15H,4-5,16H2,1-3H3,(H,23,27)(H,24,26). The van der Waals surface area contributed by atoms with Crippen LogP contribution >= 0.6 is 0 Å². The van der Waals surface area contributed by atoms with E-state index in [2.05, 4.69) is 22.5 Å². The molecule has 0 atom stereocenters. The quantitative estimate of drug-likeness (QED) is 0.660. The minimum absolute atomic E-state index is 0.0837. The summed E-state index contributed by atoms with van der Waals surface area (Å²) in [6.07, 6.45) is 0. The summed E-state index contributed by atoms with van der Waals surface area (Å²) in [6.45, 7) is 4.39. The van der Waals surface area contributed by atoms with Crippen LogP contribution in [0.15, 0.2) is 53.4 Å². The third-order valence-electron chi connectivity index (χ3n) is 4.42. The van der Waals surface area contributed by atoms with Gasteiger partial charge >= 0.3 is 0 Å². The normalized spacial score (nSPS) is 10.8. The smallest absolute Gasteiger partial charge is 0.252 e. The largest absolute Gasteiger partial charge is 0.355 e. The van der Waals surface area contributed by atoms with Crippen LogP contribution in [0.3, 0.4) is 0 Å². The fraction of sp³-hybridized carbons (Fsp3) is 0.273. The molecule has 30 heavy (non-hydrogen) atoms. The highest BCUT2D eigenvalue weighted by atomic mass is 32.2. The van der Waals surface area contributed by atoms with Gasteiger partial charge in [-0.15, -0.1) is 0 Å². The molecule has 2 aromatic carbocycles. The summed E-state index contributed by atoms with van der Waals surface area (Å²) in [7, 11) is -2.02. The molecule has 0 heterocycles. The van der Waals surface area contributed by atoms with E-state index in [0.717, 1.165) is 0 Å². The summed E-state index contributed by atoms with van der Waals surface area (Å²) in [5, 5.41) is 5.22. The van der Waals surface area contributed by atoms with Crippen molar-refractivity contribution in [2.45, 2.75) is 18.7 Å². The molecular formula is C22H25N3O4S. The second kappa shape index (κ2) is 10.6. The Bertz CT molecular complexity index is 1060. The molecule has 0 spiro atoms. The van der Waals surface area contributed by atoms with E-state index in [1.807, 2.05) is 0 Å². The van der Waals surface area contributed by atoms with E-state index in [4.69, 9.17) is 0 Å². The molecule has 158 valence electrons. The first-order valence-corrected chi connectivity index (χ1v) is 11.0. The Hall–Kier alpha value is -3.15. The second-order valence-electron chi connectivity index (χ2n) is 6.22. The molecule has 0 aromatic heterocycles. The predicted octanol–water partition coefficient (Wildman–Crippen LogP) is 1.86. The first-order chi connectivity index (χ1) is 14.3. The van der Waals surface area contributed by atoms with Crippen LogP contribution in [0.1, 0.15) is 40.1 Å². The molecule has 2 rings (SSSR count). The molecule has 0 unspecified atom stereocenters. The van der Waals surface area contributed by atoms with Crippen LogP contribution in [0.25, 0.3) is 0 Å². The predicted molar refractivity (Wildman–Crippen MR) is 116 cm³/mol. The Morgan fingerprint density at radius 3 is 2.20 bits per heavy atom. The van der Waals surface area contributed by atoms with E-state index in [1.54, 1.807) is 45.2 Å². The van der Waals surface area contributed by atoms with Crippen molar-refractivity contribution in [1.82, 2.24) is 14.9 Å². The fourth-order valence-electron chi connectivity index (χ4n) is 2.78. The molecule has 2 amide bonds. The summed E-state index contributed by atoms with van der Waals surface area (Å²) in [4.78, 5) is 24.3. The summed E-state index contributed by atoms with van der Waals surface area (Å²) in [5.41, 5.74) is 1.36. The average Bonchev–Trinajstić information content (AvgIpc) is 2.77. The molecule has 2 aromatic rings. The molecule has 8 heteroatoms. The lowest BCUT2D eigenvalue weighted by atomic mass is 10.1. The Kier molecular flexibility index (Phi) is 8.16. The van der Waals surface area contributed by atoms with Crippen LogP contribution in [0.4, 0.5) is 0 Å². The summed E-state index contributed by atoms with van der Waals surface area (Å²) < 4.78 is 26.3. The Morgan fingerprint density at radius 2 is 1.60 bits per heavy atom. The van der Waals surface area contributed by atoms with E-state index in [-0.39, 0.29) is 23.3 Å². The highest BCUT2D eigenvalue weighted by Gasteiger charge is 2.21. The fourth-order valence-corrected chi connectivity index (χ4v) is 4.24. The number of amides is 2. The van der Waals surface area contributed by atoms with Gasteiger partial charge in [-0.2, -0.15) is 4.31 Å². The molecule has 0 aliphatic rings. The number of benzene rings is 2. The number of hydrogen-bond acceptors (Lipinski definition) is 4. The Morgan fingerprint density at radius 1 is 0.967 bits per heavy atom. The Labute approximate surface area is 177 Å². The van der Waals surface area contributed by atoms with Gasteiger partial charge in [0.2, 0.25) is 10.0 Å². The lowest BCUT2D eigenvalue weighted by molar-refractivity contribution is 0.0952. The molecule has 0 saturated carbocycles. The SMILES string of the molecule is CCN(CC)S(=O)(=O)c1ccc(C(=O)NCC#Cc2ccccc2C(=O)NC)cc1. The molecular weight excluding hydrogens is 402 g/mol. The van der Waals surface area contributed by atoms with Crippen LogP contribution in [0, 0.1) is 11.8 Å². The summed E-state index contributed by atoms with van der Waals surface area (Å²) >= 11 is 0. The van der Waals surface area contributed by atoms with Gasteiger partial charge in [0, 0.05) is 31.3 Å². The number of hydrogen-bond donors (Lipinski definition) is 2. The number of carbonyl (C=O) groups excluding carboxylic acids is 2. The maximum Gasteiger partial charge on any atom is 0.252 e. The van der Waals surface area contributed by atoms with Crippen molar-refractivity contribution in [3.63, 3.8) is 0 Å². The summed E-state index contributed by atoms with van der Waals surface area (Å²) in [6, 6.07) is 12.7. The first-order valence-electron chi connectivity index (χ1n) is 9.53.